The molecule has 3 atom stereocenters. The third-order valence-corrected chi connectivity index (χ3v) is 8.84. The lowest BCUT2D eigenvalue weighted by Gasteiger charge is -2.30. The van der Waals surface area contributed by atoms with Gasteiger partial charge in [0.2, 0.25) is 5.91 Å². The molecule has 1 saturated heterocycles. The van der Waals surface area contributed by atoms with E-state index in [0.717, 1.165) is 42.5 Å². The van der Waals surface area contributed by atoms with E-state index in [1.54, 1.807) is 15.7 Å². The zero-order valence-corrected chi connectivity index (χ0v) is 19.9. The highest BCUT2D eigenvalue weighted by Gasteiger charge is 2.71. The van der Waals surface area contributed by atoms with E-state index in [1.807, 2.05) is 24.3 Å². The Morgan fingerprint density at radius 1 is 1.26 bits per heavy atom. The van der Waals surface area contributed by atoms with E-state index in [2.05, 4.69) is 26.6 Å². The maximum absolute atomic E-state index is 13.7. The largest absolute Gasteiger partial charge is 0.450 e. The monoisotopic (exact) mass is 440 g/mol. The highest BCUT2D eigenvalue weighted by atomic mass is 28.3. The molecule has 0 unspecified atom stereocenters. The summed E-state index contributed by atoms with van der Waals surface area (Å²) in [5.41, 5.74) is 1.06. The molecular weight excluding hydrogens is 408 g/mol. The number of likely N-dealkylation sites (tertiary alicyclic amines) is 1. The van der Waals surface area contributed by atoms with Gasteiger partial charge in [-0.15, -0.1) is 0 Å². The second-order valence-corrected chi connectivity index (χ2v) is 15.8. The van der Waals surface area contributed by atoms with E-state index < -0.39 is 8.07 Å². The quantitative estimate of drug-likeness (QED) is 0.465. The predicted octanol–water partition coefficient (Wildman–Crippen LogP) is 5.06. The average molecular weight is 441 g/mol. The summed E-state index contributed by atoms with van der Waals surface area (Å²) in [4.78, 5) is 39.9. The third-order valence-electron chi connectivity index (χ3n) is 7.14. The normalized spacial score (nSPS) is 25.2. The van der Waals surface area contributed by atoms with Gasteiger partial charge < -0.3 is 9.64 Å². The predicted molar refractivity (Wildman–Crippen MR) is 123 cm³/mol. The smallest absolute Gasteiger partial charge is 0.410 e. The summed E-state index contributed by atoms with van der Waals surface area (Å²) in [6.07, 6.45) is 4.80. The number of carbonyl (C=O) groups excluding carboxylic acids is 3. The van der Waals surface area contributed by atoms with Crippen molar-refractivity contribution in [3.63, 3.8) is 0 Å². The molecule has 2 aliphatic rings. The first-order valence-corrected chi connectivity index (χ1v) is 15.0. The van der Waals surface area contributed by atoms with Crippen LogP contribution in [0.5, 0.6) is 0 Å². The van der Waals surface area contributed by atoms with Gasteiger partial charge in [-0.3, -0.25) is 14.2 Å². The van der Waals surface area contributed by atoms with Crippen molar-refractivity contribution < 1.29 is 19.1 Å². The molecule has 7 heteroatoms. The second-order valence-electron chi connectivity index (χ2n) is 10.2. The SMILES string of the molecule is CC[C@]12CCCN(C(=O)OCC[Si](C)(C)C)[C@H]1[C@@H]2C(=O)n1cc(C=O)c2ccccc21. The first kappa shape index (κ1) is 21.8. The molecule has 1 aromatic heterocycles. The van der Waals surface area contributed by atoms with Crippen LogP contribution >= 0.6 is 0 Å². The Kier molecular flexibility index (Phi) is 5.58. The summed E-state index contributed by atoms with van der Waals surface area (Å²) in [6.45, 7) is 9.95. The fourth-order valence-electron chi connectivity index (χ4n) is 5.33. The lowest BCUT2D eigenvalue weighted by atomic mass is 9.91. The van der Waals surface area contributed by atoms with Crippen LogP contribution in [0.2, 0.25) is 25.7 Å². The van der Waals surface area contributed by atoms with E-state index >= 15 is 0 Å². The Hall–Kier alpha value is -2.41. The molecule has 0 radical (unpaired) electrons. The van der Waals surface area contributed by atoms with Crippen LogP contribution in [-0.4, -0.2) is 55.0 Å². The van der Waals surface area contributed by atoms with E-state index in [1.165, 1.54) is 0 Å². The van der Waals surface area contributed by atoms with Crippen LogP contribution in [0, 0.1) is 11.3 Å². The number of amides is 1. The first-order chi connectivity index (χ1) is 14.7. The fraction of sp³-hybridized carbons (Fsp3) is 0.542. The summed E-state index contributed by atoms with van der Waals surface area (Å²) in [7, 11) is -1.29. The van der Waals surface area contributed by atoms with Crippen LogP contribution in [-0.2, 0) is 4.74 Å². The van der Waals surface area contributed by atoms with Crippen molar-refractivity contribution in [3.05, 3.63) is 36.0 Å². The summed E-state index contributed by atoms with van der Waals surface area (Å²) >= 11 is 0. The molecule has 2 aromatic rings. The summed E-state index contributed by atoms with van der Waals surface area (Å²) in [6, 6.07) is 8.28. The topological polar surface area (TPSA) is 68.6 Å². The number of hydrogen-bond acceptors (Lipinski definition) is 4. The molecule has 166 valence electrons. The van der Waals surface area contributed by atoms with Crippen LogP contribution in [0.25, 0.3) is 10.9 Å². The number of rotatable bonds is 6. The van der Waals surface area contributed by atoms with Gasteiger partial charge in [0, 0.05) is 37.2 Å². The van der Waals surface area contributed by atoms with Crippen molar-refractivity contribution in [1.82, 2.24) is 9.47 Å². The number of nitrogens with zero attached hydrogens (tertiary/aromatic N) is 2. The van der Waals surface area contributed by atoms with Crippen molar-refractivity contribution in [3.8, 4) is 0 Å². The standard InChI is InChI=1S/C24H32N2O4Si/c1-5-24-11-8-12-25(23(29)30-13-14-31(2,3)4)21(24)20(24)22(28)26-15-17(16-27)18-9-6-7-10-19(18)26/h6-7,9-10,15-16,20-21H,5,8,11-14H2,1-4H3/t20-,21+,24-/m1/s1. The molecule has 1 aliphatic heterocycles. The Labute approximate surface area is 184 Å². The maximum atomic E-state index is 13.7. The molecule has 2 fully saturated rings. The highest BCUT2D eigenvalue weighted by Crippen LogP contribution is 2.63. The minimum absolute atomic E-state index is 0.0297. The molecule has 0 bridgehead atoms. The van der Waals surface area contributed by atoms with Gasteiger partial charge in [0.25, 0.3) is 0 Å². The zero-order valence-electron chi connectivity index (χ0n) is 18.9. The number of para-hydroxylation sites is 1. The summed E-state index contributed by atoms with van der Waals surface area (Å²) in [5.74, 6) is -0.294. The van der Waals surface area contributed by atoms with Gasteiger partial charge in [-0.05, 0) is 31.4 Å². The fourth-order valence-corrected chi connectivity index (χ4v) is 6.05. The average Bonchev–Trinajstić information content (AvgIpc) is 3.29. The molecule has 1 aliphatic carbocycles. The molecule has 0 N–H and O–H groups in total. The summed E-state index contributed by atoms with van der Waals surface area (Å²) < 4.78 is 7.25. The number of aromatic nitrogens is 1. The molecular formula is C24H32N2O4Si. The Bertz CT molecular complexity index is 1020. The van der Waals surface area contributed by atoms with Crippen LogP contribution in [0.4, 0.5) is 4.79 Å². The number of carbonyl (C=O) groups is 3. The Morgan fingerprint density at radius 2 is 2.00 bits per heavy atom. The van der Waals surface area contributed by atoms with Crippen molar-refractivity contribution >= 4 is 37.3 Å². The lowest BCUT2D eigenvalue weighted by molar-refractivity contribution is 0.0840. The first-order valence-electron chi connectivity index (χ1n) is 11.3. The van der Waals surface area contributed by atoms with Gasteiger partial charge in [0.1, 0.15) is 0 Å². The highest BCUT2D eigenvalue weighted by molar-refractivity contribution is 6.76. The maximum Gasteiger partial charge on any atom is 0.410 e. The summed E-state index contributed by atoms with van der Waals surface area (Å²) in [5, 5.41) is 0.780. The van der Waals surface area contributed by atoms with Crippen LogP contribution in [0.15, 0.2) is 30.5 Å². The Morgan fingerprint density at radius 3 is 2.68 bits per heavy atom. The number of hydrogen-bond donors (Lipinski definition) is 0. The molecule has 1 saturated carbocycles. The van der Waals surface area contributed by atoms with E-state index in [-0.39, 0.29) is 29.4 Å². The van der Waals surface area contributed by atoms with Gasteiger partial charge in [-0.25, -0.2) is 4.79 Å². The number of aldehydes is 1. The minimum atomic E-state index is -1.29. The number of piperidine rings is 1. The third kappa shape index (κ3) is 3.73. The van der Waals surface area contributed by atoms with E-state index in [4.69, 9.17) is 4.74 Å². The van der Waals surface area contributed by atoms with Crippen LogP contribution < -0.4 is 0 Å². The van der Waals surface area contributed by atoms with E-state index in [0.29, 0.717) is 18.7 Å². The van der Waals surface area contributed by atoms with Crippen LogP contribution in [0.3, 0.4) is 0 Å². The number of fused-ring (bicyclic) bond motifs is 2. The van der Waals surface area contributed by atoms with Crippen LogP contribution in [0.1, 0.15) is 41.3 Å². The number of benzene rings is 1. The van der Waals surface area contributed by atoms with Crippen molar-refractivity contribution in [2.75, 3.05) is 13.2 Å². The molecule has 1 amide bonds. The molecule has 4 rings (SSSR count). The van der Waals surface area contributed by atoms with Crippen molar-refractivity contribution in [2.24, 2.45) is 11.3 Å². The molecule has 2 heterocycles. The van der Waals surface area contributed by atoms with Gasteiger partial charge in [0.15, 0.2) is 6.29 Å². The van der Waals surface area contributed by atoms with Gasteiger partial charge >= 0.3 is 6.09 Å². The minimum Gasteiger partial charge on any atom is -0.450 e. The van der Waals surface area contributed by atoms with Gasteiger partial charge in [-0.2, -0.15) is 0 Å². The second kappa shape index (κ2) is 7.93. The molecule has 6 nitrogen and oxygen atoms in total. The van der Waals surface area contributed by atoms with E-state index in [9.17, 15) is 14.4 Å². The van der Waals surface area contributed by atoms with Gasteiger partial charge in [0.05, 0.1) is 24.1 Å². The molecule has 0 spiro atoms. The van der Waals surface area contributed by atoms with Gasteiger partial charge in [-0.1, -0.05) is 44.8 Å². The molecule has 1 aromatic carbocycles. The van der Waals surface area contributed by atoms with Crippen molar-refractivity contribution in [1.29, 1.82) is 0 Å². The zero-order chi connectivity index (χ0) is 22.4. The Balaban J connectivity index is 1.59. The van der Waals surface area contributed by atoms with Crippen molar-refractivity contribution in [2.45, 2.75) is 57.9 Å². The molecule has 31 heavy (non-hydrogen) atoms. The number of ether oxygens (including phenoxy) is 1. The lowest BCUT2D eigenvalue weighted by Crippen LogP contribution is -2.41.